The molecule has 1 saturated heterocycles. The van der Waals surface area contributed by atoms with Crippen LogP contribution in [0.5, 0.6) is 5.75 Å². The van der Waals surface area contributed by atoms with Crippen LogP contribution in [0.15, 0.2) is 67.3 Å². The molecule has 3 atom stereocenters. The molecule has 2 fully saturated rings. The summed E-state index contributed by atoms with van der Waals surface area (Å²) in [4.78, 5) is 17.7. The molecule has 4 heteroatoms. The number of hydrogen-bond donors (Lipinski definition) is 0. The van der Waals surface area contributed by atoms with Gasteiger partial charge < -0.3 is 9.64 Å². The Balaban J connectivity index is 1.63. The number of benzene rings is 2. The molecule has 1 saturated carbocycles. The zero-order valence-corrected chi connectivity index (χ0v) is 18.8. The Labute approximate surface area is 186 Å². The topological polar surface area (TPSA) is 32.8 Å². The molecule has 1 aliphatic heterocycles. The lowest BCUT2D eigenvalue weighted by Crippen LogP contribution is -2.56. The first kappa shape index (κ1) is 21.6. The van der Waals surface area contributed by atoms with Crippen molar-refractivity contribution < 1.29 is 9.53 Å². The second-order valence-electron chi connectivity index (χ2n) is 9.10. The largest absolute Gasteiger partial charge is 0.497 e. The fraction of sp³-hybridized carbons (Fsp3) is 0.444. The SMILES string of the molecule is C=CCN1CCC2(c3cccc(OC)c3)C[C@@H](N(C)C(=O)c3ccccc3)CCC2C1. The summed E-state index contributed by atoms with van der Waals surface area (Å²) in [5.41, 5.74) is 2.20. The zero-order chi connectivity index (χ0) is 21.8. The molecule has 1 amide bonds. The van der Waals surface area contributed by atoms with Crippen LogP contribution in [0.3, 0.4) is 0 Å². The Morgan fingerprint density at radius 3 is 2.77 bits per heavy atom. The van der Waals surface area contributed by atoms with Crippen molar-refractivity contribution in [2.45, 2.75) is 37.1 Å². The first-order valence-electron chi connectivity index (χ1n) is 11.4. The summed E-state index contributed by atoms with van der Waals surface area (Å²) >= 11 is 0. The van der Waals surface area contributed by atoms with Gasteiger partial charge in [0, 0.05) is 37.2 Å². The van der Waals surface area contributed by atoms with Gasteiger partial charge in [0.15, 0.2) is 0 Å². The van der Waals surface area contributed by atoms with Gasteiger partial charge in [-0.1, -0.05) is 36.4 Å². The van der Waals surface area contributed by atoms with E-state index < -0.39 is 0 Å². The van der Waals surface area contributed by atoms with E-state index in [-0.39, 0.29) is 17.4 Å². The number of ether oxygens (including phenoxy) is 1. The van der Waals surface area contributed by atoms with Crippen LogP contribution in [0.25, 0.3) is 0 Å². The molecule has 0 bridgehead atoms. The molecule has 0 spiro atoms. The van der Waals surface area contributed by atoms with Crippen LogP contribution in [-0.2, 0) is 5.41 Å². The Morgan fingerprint density at radius 1 is 1.23 bits per heavy atom. The van der Waals surface area contributed by atoms with Crippen LogP contribution in [-0.4, -0.2) is 55.5 Å². The van der Waals surface area contributed by atoms with Gasteiger partial charge in [0.2, 0.25) is 0 Å². The molecule has 0 aromatic heterocycles. The minimum absolute atomic E-state index is 0.0698. The lowest BCUT2D eigenvalue weighted by atomic mass is 9.57. The maximum absolute atomic E-state index is 13.2. The van der Waals surface area contributed by atoms with Crippen molar-refractivity contribution >= 4 is 5.91 Å². The number of carbonyl (C=O) groups excluding carboxylic acids is 1. The maximum atomic E-state index is 13.2. The number of fused-ring (bicyclic) bond motifs is 1. The molecule has 31 heavy (non-hydrogen) atoms. The van der Waals surface area contributed by atoms with Crippen molar-refractivity contribution in [2.24, 2.45) is 5.92 Å². The molecule has 2 aromatic carbocycles. The molecule has 0 N–H and O–H groups in total. The number of likely N-dealkylation sites (tertiary alicyclic amines) is 1. The van der Waals surface area contributed by atoms with E-state index in [1.54, 1.807) is 7.11 Å². The highest BCUT2D eigenvalue weighted by Gasteiger charge is 2.49. The van der Waals surface area contributed by atoms with Crippen LogP contribution in [0.4, 0.5) is 0 Å². The Kier molecular flexibility index (Phi) is 6.47. The number of methoxy groups -OCH3 is 1. The van der Waals surface area contributed by atoms with Gasteiger partial charge in [-0.25, -0.2) is 0 Å². The second-order valence-corrected chi connectivity index (χ2v) is 9.10. The van der Waals surface area contributed by atoms with Crippen molar-refractivity contribution in [3.8, 4) is 5.75 Å². The van der Waals surface area contributed by atoms with Crippen LogP contribution >= 0.6 is 0 Å². The highest BCUT2D eigenvalue weighted by atomic mass is 16.5. The van der Waals surface area contributed by atoms with E-state index in [1.165, 1.54) is 5.56 Å². The molecule has 2 aliphatic rings. The van der Waals surface area contributed by atoms with Crippen molar-refractivity contribution in [1.29, 1.82) is 0 Å². The van der Waals surface area contributed by atoms with Crippen LogP contribution < -0.4 is 4.74 Å². The maximum Gasteiger partial charge on any atom is 0.253 e. The molecular weight excluding hydrogens is 384 g/mol. The third-order valence-corrected chi connectivity index (χ3v) is 7.50. The van der Waals surface area contributed by atoms with Gasteiger partial charge >= 0.3 is 0 Å². The number of piperidine rings is 1. The standard InChI is InChI=1S/C27H34N2O2/c1-4-16-29-17-15-27(22-11-8-12-25(18-22)31-3)19-24(14-13-23(27)20-29)28(2)26(30)21-9-6-5-7-10-21/h4-12,18,23-24H,1,13-17,19-20H2,2-3H3/t23?,24-,27?/m0/s1. The third kappa shape index (κ3) is 4.27. The average molecular weight is 419 g/mol. The summed E-state index contributed by atoms with van der Waals surface area (Å²) in [5, 5.41) is 0. The normalized spacial score (nSPS) is 26.0. The molecule has 2 unspecified atom stereocenters. The highest BCUT2D eigenvalue weighted by Crippen LogP contribution is 2.50. The van der Waals surface area contributed by atoms with E-state index in [0.717, 1.165) is 56.6 Å². The number of carbonyl (C=O) groups is 1. The third-order valence-electron chi connectivity index (χ3n) is 7.50. The minimum atomic E-state index is 0.0698. The molecule has 2 aromatic rings. The minimum Gasteiger partial charge on any atom is -0.497 e. The van der Waals surface area contributed by atoms with Crippen LogP contribution in [0.2, 0.25) is 0 Å². The molecule has 1 heterocycles. The molecule has 164 valence electrons. The van der Waals surface area contributed by atoms with E-state index in [4.69, 9.17) is 4.74 Å². The fourth-order valence-electron chi connectivity index (χ4n) is 5.75. The van der Waals surface area contributed by atoms with Gasteiger partial charge in [0.25, 0.3) is 5.91 Å². The van der Waals surface area contributed by atoms with Gasteiger partial charge in [-0.15, -0.1) is 6.58 Å². The van der Waals surface area contributed by atoms with Gasteiger partial charge in [-0.2, -0.15) is 0 Å². The fourth-order valence-corrected chi connectivity index (χ4v) is 5.75. The Hall–Kier alpha value is -2.59. The van der Waals surface area contributed by atoms with Gasteiger partial charge in [-0.3, -0.25) is 9.69 Å². The number of rotatable bonds is 6. The van der Waals surface area contributed by atoms with E-state index in [0.29, 0.717) is 5.92 Å². The van der Waals surface area contributed by atoms with Crippen LogP contribution in [0.1, 0.15) is 41.6 Å². The summed E-state index contributed by atoms with van der Waals surface area (Å²) < 4.78 is 5.56. The van der Waals surface area contributed by atoms with Gasteiger partial charge in [-0.05, 0) is 68.0 Å². The predicted molar refractivity (Wildman–Crippen MR) is 126 cm³/mol. The predicted octanol–water partition coefficient (Wildman–Crippen LogP) is 4.77. The van der Waals surface area contributed by atoms with E-state index in [1.807, 2.05) is 54.4 Å². The number of nitrogens with zero attached hydrogens (tertiary/aromatic N) is 2. The first-order chi connectivity index (χ1) is 15.1. The molecule has 0 radical (unpaired) electrons. The zero-order valence-electron chi connectivity index (χ0n) is 18.8. The monoisotopic (exact) mass is 418 g/mol. The number of amides is 1. The quantitative estimate of drug-likeness (QED) is 0.634. The molecule has 4 nitrogen and oxygen atoms in total. The van der Waals surface area contributed by atoms with Crippen molar-refractivity contribution in [3.05, 3.63) is 78.4 Å². The first-order valence-corrected chi connectivity index (χ1v) is 11.4. The molecule has 4 rings (SSSR count). The Morgan fingerprint density at radius 2 is 2.03 bits per heavy atom. The Bertz CT molecular complexity index is 912. The highest BCUT2D eigenvalue weighted by molar-refractivity contribution is 5.94. The summed E-state index contributed by atoms with van der Waals surface area (Å²) in [6.45, 7) is 7.03. The molecule has 1 aliphatic carbocycles. The van der Waals surface area contributed by atoms with E-state index in [9.17, 15) is 4.79 Å². The van der Waals surface area contributed by atoms with E-state index in [2.05, 4.69) is 29.7 Å². The lowest BCUT2D eigenvalue weighted by molar-refractivity contribution is 0.0221. The van der Waals surface area contributed by atoms with Crippen molar-refractivity contribution in [1.82, 2.24) is 9.80 Å². The average Bonchev–Trinajstić information content (AvgIpc) is 2.83. The van der Waals surface area contributed by atoms with E-state index >= 15 is 0 Å². The summed E-state index contributed by atoms with van der Waals surface area (Å²) in [5.74, 6) is 1.61. The lowest BCUT2D eigenvalue weighted by Gasteiger charge is -2.54. The molecular formula is C27H34N2O2. The summed E-state index contributed by atoms with van der Waals surface area (Å²) in [6.07, 6.45) is 6.29. The second kappa shape index (κ2) is 9.27. The summed E-state index contributed by atoms with van der Waals surface area (Å²) in [7, 11) is 3.71. The van der Waals surface area contributed by atoms with Crippen molar-refractivity contribution in [3.63, 3.8) is 0 Å². The van der Waals surface area contributed by atoms with Gasteiger partial charge in [0.1, 0.15) is 5.75 Å². The summed E-state index contributed by atoms with van der Waals surface area (Å²) in [6, 6.07) is 18.5. The number of hydrogen-bond acceptors (Lipinski definition) is 3. The van der Waals surface area contributed by atoms with Crippen LogP contribution in [0, 0.1) is 5.92 Å². The smallest absolute Gasteiger partial charge is 0.253 e. The van der Waals surface area contributed by atoms with Crippen molar-refractivity contribution in [2.75, 3.05) is 33.8 Å². The van der Waals surface area contributed by atoms with Gasteiger partial charge in [0.05, 0.1) is 7.11 Å².